The Bertz CT molecular complexity index is 414. The lowest BCUT2D eigenvalue weighted by molar-refractivity contribution is 0.0557. The van der Waals surface area contributed by atoms with E-state index in [4.69, 9.17) is 10.00 Å². The minimum atomic E-state index is 0.713. The third-order valence-electron chi connectivity index (χ3n) is 2.84. The molecule has 0 saturated carbocycles. The van der Waals surface area contributed by atoms with Crippen LogP contribution in [0.4, 0.5) is 0 Å². The highest BCUT2D eigenvalue weighted by atomic mass is 16.5. The first-order valence-corrected chi connectivity index (χ1v) is 5.87. The first kappa shape index (κ1) is 11.7. The van der Waals surface area contributed by atoms with Gasteiger partial charge in [0.25, 0.3) is 0 Å². The van der Waals surface area contributed by atoms with Crippen molar-refractivity contribution in [2.24, 2.45) is 0 Å². The third-order valence-corrected chi connectivity index (χ3v) is 2.84. The Morgan fingerprint density at radius 1 is 1.29 bits per heavy atom. The van der Waals surface area contributed by atoms with Crippen LogP contribution in [0.25, 0.3) is 0 Å². The summed E-state index contributed by atoms with van der Waals surface area (Å²) < 4.78 is 5.28. The second-order valence-corrected chi connectivity index (χ2v) is 3.99. The highest BCUT2D eigenvalue weighted by Gasteiger charge is 2.12. The number of hydrogen-bond donors (Lipinski definition) is 0. The molecule has 17 heavy (non-hydrogen) atoms. The fourth-order valence-corrected chi connectivity index (χ4v) is 1.88. The molecule has 1 heterocycles. The maximum absolute atomic E-state index is 9.16. The van der Waals surface area contributed by atoms with Crippen LogP contribution in [0.15, 0.2) is 42.1 Å². The number of ether oxygens (including phenoxy) is 1. The molecule has 0 aromatic heterocycles. The zero-order chi connectivity index (χ0) is 11.9. The van der Waals surface area contributed by atoms with E-state index in [1.165, 1.54) is 5.56 Å². The molecular formula is C14H16N2O. The summed E-state index contributed by atoms with van der Waals surface area (Å²) in [5.41, 5.74) is 1.99. The summed E-state index contributed by atoms with van der Waals surface area (Å²) in [6.07, 6.45) is 2.81. The second kappa shape index (κ2) is 6.07. The Labute approximate surface area is 102 Å². The van der Waals surface area contributed by atoms with E-state index in [2.05, 4.69) is 23.1 Å². The molecule has 1 aromatic carbocycles. The van der Waals surface area contributed by atoms with Crippen LogP contribution in [0.1, 0.15) is 5.56 Å². The molecule has 3 heteroatoms. The number of benzene rings is 1. The minimum Gasteiger partial charge on any atom is -0.378 e. The molecule has 0 N–H and O–H groups in total. The highest BCUT2D eigenvalue weighted by molar-refractivity contribution is 5.25. The summed E-state index contributed by atoms with van der Waals surface area (Å²) in [4.78, 5) is 2.09. The normalized spacial score (nSPS) is 16.6. The highest BCUT2D eigenvalue weighted by Crippen LogP contribution is 2.09. The van der Waals surface area contributed by atoms with Crippen LogP contribution in [0.3, 0.4) is 0 Å². The van der Waals surface area contributed by atoms with Crippen molar-refractivity contribution in [2.75, 3.05) is 26.3 Å². The van der Waals surface area contributed by atoms with Gasteiger partial charge in [0, 0.05) is 13.1 Å². The first-order valence-electron chi connectivity index (χ1n) is 5.87. The van der Waals surface area contributed by atoms with Gasteiger partial charge in [0.1, 0.15) is 11.8 Å². The van der Waals surface area contributed by atoms with E-state index < -0.39 is 0 Å². The molecule has 3 nitrogen and oxygen atoms in total. The maximum atomic E-state index is 9.16. The topological polar surface area (TPSA) is 36.3 Å². The fraction of sp³-hybridized carbons (Fsp3) is 0.357. The SMILES string of the molecule is N#CC(=CCc1ccccc1)N1CCOCC1. The van der Waals surface area contributed by atoms with Crippen LogP contribution in [0.5, 0.6) is 0 Å². The predicted octanol–water partition coefficient (Wildman–Crippen LogP) is 1.97. The molecule has 1 aromatic rings. The van der Waals surface area contributed by atoms with E-state index in [9.17, 15) is 0 Å². The van der Waals surface area contributed by atoms with Crippen molar-refractivity contribution in [2.45, 2.75) is 6.42 Å². The lowest BCUT2D eigenvalue weighted by Crippen LogP contribution is -2.35. The molecule has 0 amide bonds. The van der Waals surface area contributed by atoms with Crippen LogP contribution in [-0.2, 0) is 11.2 Å². The Morgan fingerprint density at radius 3 is 2.65 bits per heavy atom. The van der Waals surface area contributed by atoms with E-state index in [1.54, 1.807) is 0 Å². The quantitative estimate of drug-likeness (QED) is 0.742. The molecular weight excluding hydrogens is 212 g/mol. The van der Waals surface area contributed by atoms with Gasteiger partial charge in [-0.05, 0) is 18.1 Å². The standard InChI is InChI=1S/C14H16N2O/c15-12-14(16-8-10-17-11-9-16)7-6-13-4-2-1-3-5-13/h1-5,7H,6,8-11H2. The van der Waals surface area contributed by atoms with Crippen molar-refractivity contribution in [1.82, 2.24) is 4.90 Å². The lowest BCUT2D eigenvalue weighted by Gasteiger charge is -2.27. The van der Waals surface area contributed by atoms with E-state index in [1.807, 2.05) is 24.3 Å². The molecule has 0 atom stereocenters. The van der Waals surface area contributed by atoms with Crippen molar-refractivity contribution < 1.29 is 4.74 Å². The van der Waals surface area contributed by atoms with Gasteiger partial charge in [-0.1, -0.05) is 30.3 Å². The lowest BCUT2D eigenvalue weighted by atomic mass is 10.1. The number of morpholine rings is 1. The molecule has 88 valence electrons. The monoisotopic (exact) mass is 228 g/mol. The number of nitriles is 1. The number of hydrogen-bond acceptors (Lipinski definition) is 3. The van der Waals surface area contributed by atoms with Gasteiger partial charge in [-0.2, -0.15) is 5.26 Å². The van der Waals surface area contributed by atoms with Crippen molar-refractivity contribution >= 4 is 0 Å². The average molecular weight is 228 g/mol. The van der Waals surface area contributed by atoms with Gasteiger partial charge in [0.15, 0.2) is 0 Å². The molecule has 0 aliphatic carbocycles. The van der Waals surface area contributed by atoms with Gasteiger partial charge >= 0.3 is 0 Å². The van der Waals surface area contributed by atoms with Crippen LogP contribution >= 0.6 is 0 Å². The van der Waals surface area contributed by atoms with Gasteiger partial charge in [-0.15, -0.1) is 0 Å². The molecule has 0 bridgehead atoms. The molecule has 1 saturated heterocycles. The van der Waals surface area contributed by atoms with Gasteiger partial charge in [-0.25, -0.2) is 0 Å². The molecule has 1 aliphatic heterocycles. The molecule has 1 aliphatic rings. The largest absolute Gasteiger partial charge is 0.378 e. The summed E-state index contributed by atoms with van der Waals surface area (Å²) in [5, 5.41) is 9.16. The van der Waals surface area contributed by atoms with Crippen LogP contribution in [0, 0.1) is 11.3 Å². The average Bonchev–Trinajstić information content (AvgIpc) is 2.42. The smallest absolute Gasteiger partial charge is 0.117 e. The molecule has 2 rings (SSSR count). The zero-order valence-corrected chi connectivity index (χ0v) is 9.80. The van der Waals surface area contributed by atoms with Gasteiger partial charge < -0.3 is 9.64 Å². The maximum Gasteiger partial charge on any atom is 0.117 e. The van der Waals surface area contributed by atoms with Crippen LogP contribution < -0.4 is 0 Å². The summed E-state index contributed by atoms with van der Waals surface area (Å²) >= 11 is 0. The van der Waals surface area contributed by atoms with Crippen LogP contribution in [0.2, 0.25) is 0 Å². The molecule has 1 fully saturated rings. The fourth-order valence-electron chi connectivity index (χ4n) is 1.88. The van der Waals surface area contributed by atoms with Crippen molar-refractivity contribution in [3.8, 4) is 6.07 Å². The second-order valence-electron chi connectivity index (χ2n) is 3.99. The summed E-state index contributed by atoms with van der Waals surface area (Å²) in [5.74, 6) is 0. The number of rotatable bonds is 3. The van der Waals surface area contributed by atoms with E-state index in [-0.39, 0.29) is 0 Å². The summed E-state index contributed by atoms with van der Waals surface area (Å²) in [7, 11) is 0. The van der Waals surface area contributed by atoms with Gasteiger partial charge in [-0.3, -0.25) is 0 Å². The number of allylic oxidation sites excluding steroid dienone is 2. The van der Waals surface area contributed by atoms with E-state index in [0.717, 1.165) is 25.2 Å². The Kier molecular flexibility index (Phi) is 4.17. The zero-order valence-electron chi connectivity index (χ0n) is 9.80. The first-order chi connectivity index (χ1) is 8.40. The van der Waals surface area contributed by atoms with Gasteiger partial charge in [0.2, 0.25) is 0 Å². The number of nitrogens with zero attached hydrogens (tertiary/aromatic N) is 2. The Morgan fingerprint density at radius 2 is 2.00 bits per heavy atom. The minimum absolute atomic E-state index is 0.713. The van der Waals surface area contributed by atoms with Crippen LogP contribution in [-0.4, -0.2) is 31.2 Å². The summed E-state index contributed by atoms with van der Waals surface area (Å²) in [6.45, 7) is 3.05. The third kappa shape index (κ3) is 3.33. The van der Waals surface area contributed by atoms with E-state index in [0.29, 0.717) is 13.2 Å². The van der Waals surface area contributed by atoms with Crippen molar-refractivity contribution in [3.05, 3.63) is 47.7 Å². The molecule has 0 unspecified atom stereocenters. The van der Waals surface area contributed by atoms with Crippen molar-refractivity contribution in [3.63, 3.8) is 0 Å². The van der Waals surface area contributed by atoms with Gasteiger partial charge in [0.05, 0.1) is 13.2 Å². The summed E-state index contributed by atoms with van der Waals surface area (Å²) in [6, 6.07) is 12.5. The Balaban J connectivity index is 2.00. The molecule has 0 radical (unpaired) electrons. The van der Waals surface area contributed by atoms with E-state index >= 15 is 0 Å². The molecule has 0 spiro atoms. The predicted molar refractivity (Wildman–Crippen MR) is 66.2 cm³/mol. The Hall–Kier alpha value is -1.79. The van der Waals surface area contributed by atoms with Crippen molar-refractivity contribution in [1.29, 1.82) is 5.26 Å².